The Morgan fingerprint density at radius 3 is 2.37 bits per heavy atom. The second-order valence-corrected chi connectivity index (χ2v) is 9.07. The lowest BCUT2D eigenvalue weighted by Crippen LogP contribution is -2.48. The number of hydrogen-bond acceptors (Lipinski definition) is 10. The van der Waals surface area contributed by atoms with Crippen molar-refractivity contribution in [1.29, 1.82) is 0 Å². The highest BCUT2D eigenvalue weighted by molar-refractivity contribution is 7.22. The summed E-state index contributed by atoms with van der Waals surface area (Å²) < 4.78 is 6.56. The van der Waals surface area contributed by atoms with Crippen LogP contribution < -0.4 is 15.0 Å². The summed E-state index contributed by atoms with van der Waals surface area (Å²) in [6.07, 6.45) is 0. The highest BCUT2D eigenvalue weighted by atomic mass is 32.1. The summed E-state index contributed by atoms with van der Waals surface area (Å²) in [7, 11) is 1.64. The lowest BCUT2D eigenvalue weighted by Gasteiger charge is -2.34. The van der Waals surface area contributed by atoms with Crippen LogP contribution in [0, 0.1) is 27.2 Å². The fourth-order valence-corrected chi connectivity index (χ4v) is 5.03. The predicted octanol–water partition coefficient (Wildman–Crippen LogP) is 2.98. The summed E-state index contributed by atoms with van der Waals surface area (Å²) in [5.74, 6) is 0.172. The molecule has 2 aromatic carbocycles. The minimum Gasteiger partial charge on any atom is -0.494 e. The quantitative estimate of drug-likeness (QED) is 0.364. The van der Waals surface area contributed by atoms with Crippen molar-refractivity contribution in [2.45, 2.75) is 6.92 Å². The standard InChI is InChI=1S/C22H24N6O6S/c1-14-3-4-18(34-2)19-20(14)35-22(24-19)26-9-7-25(8-10-26)6-5-23-21(29)15-11-16(27(30)31)13-17(12-15)28(32)33/h3-4,11-13H,5-10H2,1-2H3,(H,23,29). The Morgan fingerprint density at radius 1 is 1.11 bits per heavy atom. The molecule has 0 atom stereocenters. The van der Waals surface area contributed by atoms with Gasteiger partial charge in [0.15, 0.2) is 5.13 Å². The van der Waals surface area contributed by atoms with Crippen LogP contribution in [0.2, 0.25) is 0 Å². The number of benzene rings is 2. The number of anilines is 1. The molecule has 1 N–H and O–H groups in total. The Morgan fingerprint density at radius 2 is 1.77 bits per heavy atom. The molecule has 0 bridgehead atoms. The van der Waals surface area contributed by atoms with Gasteiger partial charge in [0, 0.05) is 51.4 Å². The molecule has 4 rings (SSSR count). The van der Waals surface area contributed by atoms with E-state index in [-0.39, 0.29) is 5.56 Å². The zero-order valence-electron chi connectivity index (χ0n) is 19.2. The molecule has 2 heterocycles. The van der Waals surface area contributed by atoms with E-state index in [0.29, 0.717) is 13.1 Å². The molecule has 1 aliphatic heterocycles. The highest BCUT2D eigenvalue weighted by Gasteiger charge is 2.22. The van der Waals surface area contributed by atoms with E-state index in [0.717, 1.165) is 71.0 Å². The average Bonchev–Trinajstić information content (AvgIpc) is 3.31. The second-order valence-electron chi connectivity index (χ2n) is 8.10. The zero-order valence-corrected chi connectivity index (χ0v) is 20.0. The van der Waals surface area contributed by atoms with Gasteiger partial charge in [-0.25, -0.2) is 4.98 Å². The molecule has 1 aromatic heterocycles. The molecule has 0 saturated carbocycles. The molecule has 0 aliphatic carbocycles. The van der Waals surface area contributed by atoms with E-state index < -0.39 is 27.1 Å². The Kier molecular flexibility index (Phi) is 7.07. The van der Waals surface area contributed by atoms with E-state index in [1.807, 2.05) is 12.1 Å². The van der Waals surface area contributed by atoms with Gasteiger partial charge in [-0.2, -0.15) is 0 Å². The number of fused-ring (bicyclic) bond motifs is 1. The third-order valence-electron chi connectivity index (χ3n) is 5.85. The number of methoxy groups -OCH3 is 1. The fourth-order valence-electron chi connectivity index (χ4n) is 3.93. The molecule has 12 nitrogen and oxygen atoms in total. The normalized spacial score (nSPS) is 14.2. The van der Waals surface area contributed by atoms with E-state index in [9.17, 15) is 25.0 Å². The molecule has 1 amide bonds. The van der Waals surface area contributed by atoms with Gasteiger partial charge >= 0.3 is 0 Å². The Labute approximate surface area is 204 Å². The van der Waals surface area contributed by atoms with Crippen LogP contribution in [0.15, 0.2) is 30.3 Å². The van der Waals surface area contributed by atoms with Gasteiger partial charge in [0.2, 0.25) is 0 Å². The lowest BCUT2D eigenvalue weighted by atomic mass is 10.1. The minimum absolute atomic E-state index is 0.114. The molecular formula is C22H24N6O6S. The number of aromatic nitrogens is 1. The summed E-state index contributed by atoms with van der Waals surface area (Å²) in [5, 5.41) is 25.7. The summed E-state index contributed by atoms with van der Waals surface area (Å²) in [6, 6.07) is 6.87. The van der Waals surface area contributed by atoms with Gasteiger partial charge in [0.25, 0.3) is 17.3 Å². The number of piperazine rings is 1. The highest BCUT2D eigenvalue weighted by Crippen LogP contribution is 2.36. The summed E-state index contributed by atoms with van der Waals surface area (Å²) >= 11 is 1.65. The van der Waals surface area contributed by atoms with Crippen LogP contribution in [0.1, 0.15) is 15.9 Å². The number of rotatable bonds is 8. The SMILES string of the molecule is COc1ccc(C)c2sc(N3CCN(CCNC(=O)c4cc([N+](=O)[O-])cc([N+](=O)[O-])c4)CC3)nc12. The molecule has 35 heavy (non-hydrogen) atoms. The van der Waals surface area contributed by atoms with E-state index in [1.54, 1.807) is 18.4 Å². The van der Waals surface area contributed by atoms with E-state index >= 15 is 0 Å². The van der Waals surface area contributed by atoms with Crippen molar-refractivity contribution < 1.29 is 19.4 Å². The van der Waals surface area contributed by atoms with E-state index in [2.05, 4.69) is 22.0 Å². The van der Waals surface area contributed by atoms with Gasteiger partial charge in [-0.3, -0.25) is 29.9 Å². The Hall–Kier alpha value is -3.84. The van der Waals surface area contributed by atoms with Crippen molar-refractivity contribution in [3.8, 4) is 5.75 Å². The van der Waals surface area contributed by atoms with Crippen LogP contribution in [0.25, 0.3) is 10.2 Å². The molecule has 13 heteroatoms. The van der Waals surface area contributed by atoms with E-state index in [1.165, 1.54) is 0 Å². The molecule has 0 unspecified atom stereocenters. The lowest BCUT2D eigenvalue weighted by molar-refractivity contribution is -0.394. The van der Waals surface area contributed by atoms with Crippen molar-refractivity contribution in [2.24, 2.45) is 0 Å². The minimum atomic E-state index is -0.758. The molecule has 184 valence electrons. The summed E-state index contributed by atoms with van der Waals surface area (Å²) in [5.41, 5.74) is 0.926. The fraction of sp³-hybridized carbons (Fsp3) is 0.364. The molecule has 1 aliphatic rings. The van der Waals surface area contributed by atoms with Crippen molar-refractivity contribution in [2.75, 3.05) is 51.3 Å². The van der Waals surface area contributed by atoms with Crippen molar-refractivity contribution in [1.82, 2.24) is 15.2 Å². The first-order valence-electron chi connectivity index (χ1n) is 10.9. The number of nitrogens with one attached hydrogen (secondary N) is 1. The zero-order chi connectivity index (χ0) is 25.1. The van der Waals surface area contributed by atoms with Crippen LogP contribution in [0.3, 0.4) is 0 Å². The summed E-state index contributed by atoms with van der Waals surface area (Å²) in [4.78, 5) is 42.2. The number of carbonyl (C=O) groups is 1. The van der Waals surface area contributed by atoms with Gasteiger partial charge in [-0.05, 0) is 18.6 Å². The Bertz CT molecular complexity index is 1250. The van der Waals surface area contributed by atoms with Crippen molar-refractivity contribution in [3.63, 3.8) is 0 Å². The molecular weight excluding hydrogens is 476 g/mol. The van der Waals surface area contributed by atoms with E-state index in [4.69, 9.17) is 9.72 Å². The number of hydrogen-bond donors (Lipinski definition) is 1. The van der Waals surface area contributed by atoms with Crippen LogP contribution >= 0.6 is 11.3 Å². The first-order chi connectivity index (χ1) is 16.8. The number of nitro benzene ring substituents is 2. The second kappa shape index (κ2) is 10.2. The third kappa shape index (κ3) is 5.30. The third-order valence-corrected chi connectivity index (χ3v) is 7.11. The number of aryl methyl sites for hydroxylation is 1. The topological polar surface area (TPSA) is 144 Å². The molecule has 0 radical (unpaired) electrons. The first-order valence-corrected chi connectivity index (χ1v) is 11.7. The number of nitrogens with zero attached hydrogens (tertiary/aromatic N) is 5. The molecule has 0 spiro atoms. The van der Waals surface area contributed by atoms with Gasteiger partial charge < -0.3 is 15.0 Å². The first kappa shape index (κ1) is 24.3. The van der Waals surface area contributed by atoms with Gasteiger partial charge in [0.05, 0.1) is 33.3 Å². The predicted molar refractivity (Wildman–Crippen MR) is 132 cm³/mol. The largest absolute Gasteiger partial charge is 0.494 e. The number of amides is 1. The molecule has 3 aromatic rings. The smallest absolute Gasteiger partial charge is 0.277 e. The maximum Gasteiger partial charge on any atom is 0.277 e. The molecule has 1 saturated heterocycles. The maximum absolute atomic E-state index is 12.4. The summed E-state index contributed by atoms with van der Waals surface area (Å²) in [6.45, 7) is 6.09. The van der Waals surface area contributed by atoms with Crippen molar-refractivity contribution >= 4 is 44.0 Å². The van der Waals surface area contributed by atoms with Gasteiger partial charge in [-0.1, -0.05) is 17.4 Å². The van der Waals surface area contributed by atoms with Crippen LogP contribution in [0.4, 0.5) is 16.5 Å². The van der Waals surface area contributed by atoms with Gasteiger partial charge in [0.1, 0.15) is 11.3 Å². The van der Waals surface area contributed by atoms with Crippen molar-refractivity contribution in [3.05, 3.63) is 61.7 Å². The number of carbonyl (C=O) groups excluding carboxylic acids is 1. The number of nitro groups is 2. The number of thiazole rings is 1. The Balaban J connectivity index is 1.31. The van der Waals surface area contributed by atoms with Gasteiger partial charge in [-0.15, -0.1) is 0 Å². The number of ether oxygens (including phenoxy) is 1. The van der Waals surface area contributed by atoms with Crippen LogP contribution in [0.5, 0.6) is 5.75 Å². The maximum atomic E-state index is 12.4. The van der Waals surface area contributed by atoms with Crippen LogP contribution in [-0.4, -0.2) is 72.0 Å². The monoisotopic (exact) mass is 500 g/mol. The number of non-ortho nitro benzene ring substituents is 2. The average molecular weight is 501 g/mol. The van der Waals surface area contributed by atoms with Crippen LogP contribution in [-0.2, 0) is 0 Å². The molecule has 1 fully saturated rings.